The molecular formula is C16H20F2N2O4S. The number of amides is 1. The van der Waals surface area contributed by atoms with Crippen molar-refractivity contribution in [1.82, 2.24) is 9.80 Å². The van der Waals surface area contributed by atoms with Gasteiger partial charge in [-0.15, -0.1) is 0 Å². The first-order chi connectivity index (χ1) is 11.8. The van der Waals surface area contributed by atoms with Gasteiger partial charge in [0.05, 0.1) is 11.5 Å². The fourth-order valence-corrected chi connectivity index (χ4v) is 4.98. The maximum atomic E-state index is 13.5. The van der Waals surface area contributed by atoms with Crippen molar-refractivity contribution < 1.29 is 26.7 Å². The van der Waals surface area contributed by atoms with Gasteiger partial charge in [0.1, 0.15) is 5.82 Å². The third kappa shape index (κ3) is 4.46. The number of sulfone groups is 1. The Morgan fingerprint density at radius 2 is 1.92 bits per heavy atom. The van der Waals surface area contributed by atoms with Crippen LogP contribution in [0, 0.1) is 11.6 Å². The first-order valence-corrected chi connectivity index (χ1v) is 9.96. The lowest BCUT2D eigenvalue weighted by atomic mass is 10.2. The maximum Gasteiger partial charge on any atom is 0.260 e. The molecule has 138 valence electrons. The number of piperazine rings is 1. The van der Waals surface area contributed by atoms with Gasteiger partial charge in [-0.25, -0.2) is 17.2 Å². The normalized spacial score (nSPS) is 23.6. The van der Waals surface area contributed by atoms with Crippen LogP contribution in [0.5, 0.6) is 5.75 Å². The summed E-state index contributed by atoms with van der Waals surface area (Å²) in [7, 11) is -2.93. The van der Waals surface area contributed by atoms with E-state index in [0.717, 1.165) is 12.1 Å². The fraction of sp³-hybridized carbons (Fsp3) is 0.562. The summed E-state index contributed by atoms with van der Waals surface area (Å²) in [6.07, 6.45) is 0.642. The molecule has 2 heterocycles. The van der Waals surface area contributed by atoms with Crippen LogP contribution in [-0.4, -0.2) is 74.5 Å². The SMILES string of the molecule is O=C(COc1ccc(F)cc1F)N1CCN([C@@H]2CCS(=O)(=O)C2)CC1. The zero-order valence-corrected chi connectivity index (χ0v) is 14.5. The van der Waals surface area contributed by atoms with Crippen molar-refractivity contribution in [2.45, 2.75) is 12.5 Å². The predicted octanol–water partition coefficient (Wildman–Crippen LogP) is 0.675. The molecular weight excluding hydrogens is 354 g/mol. The van der Waals surface area contributed by atoms with Crippen LogP contribution in [0.4, 0.5) is 8.78 Å². The van der Waals surface area contributed by atoms with Gasteiger partial charge < -0.3 is 9.64 Å². The van der Waals surface area contributed by atoms with Crippen LogP contribution in [0.15, 0.2) is 18.2 Å². The van der Waals surface area contributed by atoms with E-state index in [1.54, 1.807) is 4.90 Å². The Morgan fingerprint density at radius 1 is 1.20 bits per heavy atom. The molecule has 0 aliphatic carbocycles. The number of carbonyl (C=O) groups is 1. The van der Waals surface area contributed by atoms with Crippen molar-refractivity contribution in [2.24, 2.45) is 0 Å². The van der Waals surface area contributed by atoms with Crippen LogP contribution in [0.1, 0.15) is 6.42 Å². The quantitative estimate of drug-likeness (QED) is 0.775. The number of hydrogen-bond acceptors (Lipinski definition) is 5. The lowest BCUT2D eigenvalue weighted by Crippen LogP contribution is -2.53. The number of ether oxygens (including phenoxy) is 1. The highest BCUT2D eigenvalue weighted by molar-refractivity contribution is 7.91. The van der Waals surface area contributed by atoms with Gasteiger partial charge in [0.15, 0.2) is 28.0 Å². The number of halogens is 2. The van der Waals surface area contributed by atoms with Crippen LogP contribution < -0.4 is 4.74 Å². The monoisotopic (exact) mass is 374 g/mol. The molecule has 2 aliphatic rings. The highest BCUT2D eigenvalue weighted by atomic mass is 32.2. The third-order valence-corrected chi connectivity index (χ3v) is 6.39. The second-order valence-electron chi connectivity index (χ2n) is 6.34. The fourth-order valence-electron chi connectivity index (χ4n) is 3.22. The average Bonchev–Trinajstić information content (AvgIpc) is 2.94. The van der Waals surface area contributed by atoms with Crippen LogP contribution in [0.3, 0.4) is 0 Å². The molecule has 2 aliphatic heterocycles. The Balaban J connectivity index is 1.47. The van der Waals surface area contributed by atoms with E-state index in [1.807, 2.05) is 0 Å². The lowest BCUT2D eigenvalue weighted by Gasteiger charge is -2.37. The summed E-state index contributed by atoms with van der Waals surface area (Å²) >= 11 is 0. The van der Waals surface area contributed by atoms with E-state index in [4.69, 9.17) is 4.74 Å². The molecule has 6 nitrogen and oxygen atoms in total. The number of rotatable bonds is 4. The second-order valence-corrected chi connectivity index (χ2v) is 8.57. The summed E-state index contributed by atoms with van der Waals surface area (Å²) in [6.45, 7) is 1.85. The Morgan fingerprint density at radius 3 is 2.52 bits per heavy atom. The predicted molar refractivity (Wildman–Crippen MR) is 87.1 cm³/mol. The molecule has 1 atom stereocenters. The standard InChI is InChI=1S/C16H20F2N2O4S/c17-12-1-2-15(14(18)9-12)24-10-16(21)20-6-4-19(5-7-20)13-3-8-25(22,23)11-13/h1-2,9,13H,3-8,10-11H2/t13-/m1/s1. The van der Waals surface area contributed by atoms with Crippen molar-refractivity contribution in [3.8, 4) is 5.75 Å². The largest absolute Gasteiger partial charge is 0.481 e. The minimum absolute atomic E-state index is 0.0341. The van der Waals surface area contributed by atoms with Crippen LogP contribution >= 0.6 is 0 Å². The minimum atomic E-state index is -2.93. The van der Waals surface area contributed by atoms with Crippen LogP contribution in [0.2, 0.25) is 0 Å². The Labute approximate surface area is 145 Å². The first kappa shape index (κ1) is 18.1. The van der Waals surface area contributed by atoms with Gasteiger partial charge in [-0.2, -0.15) is 0 Å². The van der Waals surface area contributed by atoms with Gasteiger partial charge in [-0.05, 0) is 18.6 Å². The summed E-state index contributed by atoms with van der Waals surface area (Å²) in [5.74, 6) is -1.57. The lowest BCUT2D eigenvalue weighted by molar-refractivity contribution is -0.135. The van der Waals surface area contributed by atoms with Gasteiger partial charge >= 0.3 is 0 Å². The van der Waals surface area contributed by atoms with Crippen molar-refractivity contribution in [1.29, 1.82) is 0 Å². The van der Waals surface area contributed by atoms with Crippen molar-refractivity contribution in [3.63, 3.8) is 0 Å². The number of benzene rings is 1. The van der Waals surface area contributed by atoms with Gasteiger partial charge in [0.2, 0.25) is 0 Å². The number of nitrogens with zero attached hydrogens (tertiary/aromatic N) is 2. The summed E-state index contributed by atoms with van der Waals surface area (Å²) in [4.78, 5) is 15.9. The molecule has 3 rings (SSSR count). The van der Waals surface area contributed by atoms with Crippen LogP contribution in [0.25, 0.3) is 0 Å². The Bertz CT molecular complexity index is 749. The first-order valence-electron chi connectivity index (χ1n) is 8.14. The van der Waals surface area contributed by atoms with E-state index in [0.29, 0.717) is 38.7 Å². The molecule has 9 heteroatoms. The molecule has 1 aromatic carbocycles. The van der Waals surface area contributed by atoms with Gasteiger partial charge in [0.25, 0.3) is 5.91 Å². The molecule has 2 saturated heterocycles. The Hall–Kier alpha value is -1.74. The van der Waals surface area contributed by atoms with Gasteiger partial charge in [0, 0.05) is 38.3 Å². The summed E-state index contributed by atoms with van der Waals surface area (Å²) in [6, 6.07) is 2.95. The van der Waals surface area contributed by atoms with Crippen molar-refractivity contribution in [3.05, 3.63) is 29.8 Å². The summed E-state index contributed by atoms with van der Waals surface area (Å²) in [5.41, 5.74) is 0. The molecule has 1 aromatic rings. The highest BCUT2D eigenvalue weighted by Gasteiger charge is 2.34. The van der Waals surface area contributed by atoms with Crippen LogP contribution in [-0.2, 0) is 14.6 Å². The maximum absolute atomic E-state index is 13.5. The third-order valence-electron chi connectivity index (χ3n) is 4.64. The zero-order chi connectivity index (χ0) is 18.0. The Kier molecular flexibility index (Phi) is 5.24. The van der Waals surface area contributed by atoms with Gasteiger partial charge in [-0.1, -0.05) is 0 Å². The average molecular weight is 374 g/mol. The van der Waals surface area contributed by atoms with E-state index >= 15 is 0 Å². The zero-order valence-electron chi connectivity index (χ0n) is 13.7. The molecule has 0 N–H and O–H groups in total. The van der Waals surface area contributed by atoms with E-state index in [1.165, 1.54) is 0 Å². The second kappa shape index (κ2) is 7.25. The molecule has 0 radical (unpaired) electrons. The highest BCUT2D eigenvalue weighted by Crippen LogP contribution is 2.20. The summed E-state index contributed by atoms with van der Waals surface area (Å²) in [5, 5.41) is 0. The van der Waals surface area contributed by atoms with E-state index in [9.17, 15) is 22.0 Å². The van der Waals surface area contributed by atoms with Crippen molar-refractivity contribution in [2.75, 3.05) is 44.3 Å². The minimum Gasteiger partial charge on any atom is -0.481 e. The number of carbonyl (C=O) groups excluding carboxylic acids is 1. The molecule has 0 saturated carbocycles. The topological polar surface area (TPSA) is 66.9 Å². The molecule has 0 bridgehead atoms. The molecule has 0 aromatic heterocycles. The molecule has 25 heavy (non-hydrogen) atoms. The number of hydrogen-bond donors (Lipinski definition) is 0. The molecule has 2 fully saturated rings. The van der Waals surface area contributed by atoms with E-state index in [2.05, 4.69) is 4.90 Å². The molecule has 0 unspecified atom stereocenters. The smallest absolute Gasteiger partial charge is 0.260 e. The van der Waals surface area contributed by atoms with Crippen molar-refractivity contribution >= 4 is 15.7 Å². The van der Waals surface area contributed by atoms with E-state index < -0.39 is 21.5 Å². The molecule has 1 amide bonds. The van der Waals surface area contributed by atoms with Gasteiger partial charge in [-0.3, -0.25) is 9.69 Å². The van der Waals surface area contributed by atoms with E-state index in [-0.39, 0.29) is 35.8 Å². The summed E-state index contributed by atoms with van der Waals surface area (Å²) < 4.78 is 54.6. The molecule has 0 spiro atoms.